The van der Waals surface area contributed by atoms with E-state index in [1.165, 1.54) is 41.0 Å². The number of para-hydroxylation sites is 1. The van der Waals surface area contributed by atoms with Crippen LogP contribution in [0.1, 0.15) is 33.1 Å². The first-order valence-corrected chi connectivity index (χ1v) is 8.06. The molecule has 0 N–H and O–H groups in total. The van der Waals surface area contributed by atoms with E-state index in [2.05, 4.69) is 55.2 Å². The molecular weight excluding hydrogens is 250 g/mol. The number of hydrogen-bond acceptors (Lipinski definition) is 2. The topological polar surface area (TPSA) is 3.24 Å². The number of likely N-dealkylation sites (N-methyl/N-ethyl adjacent to an activating group) is 1. The van der Waals surface area contributed by atoms with Gasteiger partial charge >= 0.3 is 0 Å². The number of hydrogen-bond donors (Lipinski definition) is 0. The quantitative estimate of drug-likeness (QED) is 0.744. The minimum atomic E-state index is 0.472. The van der Waals surface area contributed by atoms with Crippen LogP contribution >= 0.6 is 11.8 Å². The van der Waals surface area contributed by atoms with Crippen LogP contribution < -0.4 is 4.90 Å². The SMILES string of the molecule is CCN1c2ccccc2SC1/C=C1/C=C(C)CCC1. The normalized spacial score (nSPS) is 24.5. The van der Waals surface area contributed by atoms with E-state index in [4.69, 9.17) is 0 Å². The lowest BCUT2D eigenvalue weighted by Crippen LogP contribution is -2.27. The molecule has 100 valence electrons. The van der Waals surface area contributed by atoms with E-state index in [0.717, 1.165) is 6.54 Å². The van der Waals surface area contributed by atoms with Crippen LogP contribution in [0.4, 0.5) is 5.69 Å². The van der Waals surface area contributed by atoms with E-state index in [1.807, 2.05) is 11.8 Å². The van der Waals surface area contributed by atoms with Gasteiger partial charge in [0.25, 0.3) is 0 Å². The maximum absolute atomic E-state index is 2.50. The summed E-state index contributed by atoms with van der Waals surface area (Å²) in [7, 11) is 0. The van der Waals surface area contributed by atoms with Crippen molar-refractivity contribution in [3.63, 3.8) is 0 Å². The average molecular weight is 271 g/mol. The smallest absolute Gasteiger partial charge is 0.0988 e. The molecule has 1 aliphatic carbocycles. The van der Waals surface area contributed by atoms with Crippen LogP contribution in [0, 0.1) is 0 Å². The van der Waals surface area contributed by atoms with Gasteiger partial charge in [-0.15, -0.1) is 0 Å². The van der Waals surface area contributed by atoms with Gasteiger partial charge in [-0.25, -0.2) is 0 Å². The maximum atomic E-state index is 2.50. The summed E-state index contributed by atoms with van der Waals surface area (Å²) in [6.07, 6.45) is 8.68. The molecule has 1 aromatic rings. The van der Waals surface area contributed by atoms with Gasteiger partial charge < -0.3 is 4.90 Å². The Kier molecular flexibility index (Phi) is 3.69. The van der Waals surface area contributed by atoms with Crippen molar-refractivity contribution in [2.75, 3.05) is 11.4 Å². The number of rotatable bonds is 2. The summed E-state index contributed by atoms with van der Waals surface area (Å²) in [6, 6.07) is 8.76. The summed E-state index contributed by atoms with van der Waals surface area (Å²) in [5.74, 6) is 0. The van der Waals surface area contributed by atoms with Gasteiger partial charge in [-0.3, -0.25) is 0 Å². The summed E-state index contributed by atoms with van der Waals surface area (Å²) in [6.45, 7) is 5.57. The van der Waals surface area contributed by atoms with Gasteiger partial charge in [0.15, 0.2) is 0 Å². The average Bonchev–Trinajstić information content (AvgIpc) is 2.75. The summed E-state index contributed by atoms with van der Waals surface area (Å²) in [5.41, 5.74) is 4.45. The Morgan fingerprint density at radius 2 is 2.16 bits per heavy atom. The number of fused-ring (bicyclic) bond motifs is 1. The fourth-order valence-electron chi connectivity index (χ4n) is 2.95. The summed E-state index contributed by atoms with van der Waals surface area (Å²) in [4.78, 5) is 3.92. The molecule has 0 amide bonds. The van der Waals surface area contributed by atoms with Crippen molar-refractivity contribution >= 4 is 17.4 Å². The highest BCUT2D eigenvalue weighted by molar-refractivity contribution is 8.00. The number of nitrogens with zero attached hydrogens (tertiary/aromatic N) is 1. The fourth-order valence-corrected chi connectivity index (χ4v) is 4.30. The van der Waals surface area contributed by atoms with Crippen molar-refractivity contribution in [2.45, 2.75) is 43.4 Å². The first-order valence-electron chi connectivity index (χ1n) is 7.18. The number of thioether (sulfide) groups is 1. The van der Waals surface area contributed by atoms with E-state index in [1.54, 1.807) is 0 Å². The van der Waals surface area contributed by atoms with E-state index >= 15 is 0 Å². The molecule has 3 rings (SSSR count). The summed E-state index contributed by atoms with van der Waals surface area (Å²) < 4.78 is 0. The third kappa shape index (κ3) is 2.59. The number of benzene rings is 1. The zero-order valence-electron chi connectivity index (χ0n) is 11.7. The molecule has 1 aromatic carbocycles. The van der Waals surface area contributed by atoms with Crippen molar-refractivity contribution < 1.29 is 0 Å². The molecule has 0 spiro atoms. The Balaban J connectivity index is 1.87. The molecule has 19 heavy (non-hydrogen) atoms. The standard InChI is InChI=1S/C17H21NS/c1-3-18-15-9-4-5-10-16(15)19-17(18)12-14-8-6-7-13(2)11-14/h4-5,9-12,17H,3,6-8H2,1-2H3/b14-12+. The molecule has 0 saturated heterocycles. The molecule has 0 aromatic heterocycles. The predicted molar refractivity (Wildman–Crippen MR) is 84.8 cm³/mol. The van der Waals surface area contributed by atoms with Crippen molar-refractivity contribution in [1.82, 2.24) is 0 Å². The largest absolute Gasteiger partial charge is 0.355 e. The first kappa shape index (κ1) is 12.9. The van der Waals surface area contributed by atoms with E-state index < -0.39 is 0 Å². The molecule has 0 fully saturated rings. The molecule has 2 heteroatoms. The zero-order valence-corrected chi connectivity index (χ0v) is 12.5. The fraction of sp³-hybridized carbons (Fsp3) is 0.412. The lowest BCUT2D eigenvalue weighted by atomic mass is 9.96. The second kappa shape index (κ2) is 5.46. The number of allylic oxidation sites excluding steroid dienone is 3. The highest BCUT2D eigenvalue weighted by Gasteiger charge is 2.27. The van der Waals surface area contributed by atoms with Crippen molar-refractivity contribution in [1.29, 1.82) is 0 Å². The van der Waals surface area contributed by atoms with Gasteiger partial charge in [-0.05, 0) is 56.9 Å². The van der Waals surface area contributed by atoms with Gasteiger partial charge in [0.05, 0.1) is 11.1 Å². The molecule has 1 nitrogen and oxygen atoms in total. The first-order chi connectivity index (χ1) is 9.28. The van der Waals surface area contributed by atoms with Gasteiger partial charge in [0, 0.05) is 11.4 Å². The van der Waals surface area contributed by atoms with Crippen molar-refractivity contribution in [2.24, 2.45) is 0 Å². The molecule has 0 radical (unpaired) electrons. The Morgan fingerprint density at radius 3 is 2.95 bits per heavy atom. The van der Waals surface area contributed by atoms with E-state index in [9.17, 15) is 0 Å². The Labute approximate surface area is 120 Å². The molecule has 0 bridgehead atoms. The number of anilines is 1. The summed E-state index contributed by atoms with van der Waals surface area (Å²) in [5, 5.41) is 0.472. The minimum Gasteiger partial charge on any atom is -0.355 e. The Bertz CT molecular complexity index is 530. The van der Waals surface area contributed by atoms with Crippen LogP contribution in [-0.2, 0) is 0 Å². The molecule has 0 saturated carbocycles. The van der Waals surface area contributed by atoms with Crippen LogP contribution in [0.15, 0.2) is 52.5 Å². The van der Waals surface area contributed by atoms with Crippen LogP contribution in [0.5, 0.6) is 0 Å². The third-order valence-electron chi connectivity index (χ3n) is 3.90. The molecule has 1 heterocycles. The molecule has 1 atom stereocenters. The predicted octanol–water partition coefficient (Wildman–Crippen LogP) is 5.00. The van der Waals surface area contributed by atoms with E-state index in [-0.39, 0.29) is 0 Å². The van der Waals surface area contributed by atoms with Crippen molar-refractivity contribution in [3.8, 4) is 0 Å². The minimum absolute atomic E-state index is 0.472. The van der Waals surface area contributed by atoms with Gasteiger partial charge in [0.1, 0.15) is 0 Å². The zero-order chi connectivity index (χ0) is 13.2. The lowest BCUT2D eigenvalue weighted by molar-refractivity contribution is 0.775. The van der Waals surface area contributed by atoms with Crippen LogP contribution in [-0.4, -0.2) is 11.9 Å². The second-order valence-corrected chi connectivity index (χ2v) is 6.51. The monoisotopic (exact) mass is 271 g/mol. The Hall–Kier alpha value is -1.15. The molecule has 1 unspecified atom stereocenters. The Morgan fingerprint density at radius 1 is 1.32 bits per heavy atom. The molecule has 1 aliphatic heterocycles. The lowest BCUT2D eigenvalue weighted by Gasteiger charge is -2.24. The maximum Gasteiger partial charge on any atom is 0.0988 e. The van der Waals surface area contributed by atoms with E-state index in [0.29, 0.717) is 5.37 Å². The van der Waals surface area contributed by atoms with Crippen LogP contribution in [0.2, 0.25) is 0 Å². The van der Waals surface area contributed by atoms with Gasteiger partial charge in [0.2, 0.25) is 0 Å². The van der Waals surface area contributed by atoms with Crippen molar-refractivity contribution in [3.05, 3.63) is 47.6 Å². The van der Waals surface area contributed by atoms with Gasteiger partial charge in [-0.2, -0.15) is 0 Å². The highest BCUT2D eigenvalue weighted by atomic mass is 32.2. The molecular formula is C17H21NS. The van der Waals surface area contributed by atoms with Gasteiger partial charge in [-0.1, -0.05) is 35.5 Å². The second-order valence-electron chi connectivity index (χ2n) is 5.35. The highest BCUT2D eigenvalue weighted by Crippen LogP contribution is 2.44. The third-order valence-corrected chi connectivity index (χ3v) is 5.13. The van der Waals surface area contributed by atoms with Crippen LogP contribution in [0.25, 0.3) is 0 Å². The molecule has 2 aliphatic rings. The summed E-state index contributed by atoms with van der Waals surface area (Å²) >= 11 is 1.98. The van der Waals surface area contributed by atoms with Crippen LogP contribution in [0.3, 0.4) is 0 Å².